The summed E-state index contributed by atoms with van der Waals surface area (Å²) in [5.74, 6) is 1.18. The zero-order valence-electron chi connectivity index (χ0n) is 21.0. The Kier molecular flexibility index (Phi) is 7.95. The summed E-state index contributed by atoms with van der Waals surface area (Å²) >= 11 is 7.86. The number of hydrogen-bond donors (Lipinski definition) is 1. The highest BCUT2D eigenvalue weighted by atomic mass is 35.5. The summed E-state index contributed by atoms with van der Waals surface area (Å²) in [7, 11) is 0. The minimum Gasteiger partial charge on any atom is -0.491 e. The van der Waals surface area contributed by atoms with Crippen LogP contribution in [0.15, 0.2) is 52.5 Å². The Labute approximate surface area is 221 Å². The molecule has 1 aliphatic heterocycles. The third-order valence-corrected chi connectivity index (χ3v) is 7.40. The summed E-state index contributed by atoms with van der Waals surface area (Å²) in [4.78, 5) is 31.3. The first-order chi connectivity index (χ1) is 17.1. The van der Waals surface area contributed by atoms with Gasteiger partial charge in [-0.05, 0) is 87.0 Å². The second kappa shape index (κ2) is 11.0. The van der Waals surface area contributed by atoms with Crippen molar-refractivity contribution in [1.82, 2.24) is 15.1 Å². The molecule has 3 aromatic rings. The first-order valence-corrected chi connectivity index (χ1v) is 13.2. The fraction of sp³-hybridized carbons (Fsp3) is 0.407. The number of carbonyl (C=O) groups is 2. The lowest BCUT2D eigenvalue weighted by molar-refractivity contribution is -0.135. The second-order valence-corrected chi connectivity index (χ2v) is 11.4. The van der Waals surface area contributed by atoms with E-state index in [0.29, 0.717) is 29.7 Å². The van der Waals surface area contributed by atoms with Gasteiger partial charge in [0.15, 0.2) is 0 Å². The van der Waals surface area contributed by atoms with Gasteiger partial charge in [-0.3, -0.25) is 4.79 Å². The molecule has 4 rings (SSSR count). The monoisotopic (exact) mass is 529 g/mol. The number of hydrogen-bond acceptors (Lipinski definition) is 5. The molecule has 7 nitrogen and oxygen atoms in total. The van der Waals surface area contributed by atoms with Crippen molar-refractivity contribution in [2.75, 3.05) is 19.7 Å². The summed E-state index contributed by atoms with van der Waals surface area (Å²) < 4.78 is 11.6. The molecule has 0 bridgehead atoms. The molecule has 0 aliphatic carbocycles. The molecule has 0 fully saturated rings. The molecule has 0 unspecified atom stereocenters. The number of amides is 3. The van der Waals surface area contributed by atoms with Gasteiger partial charge in [-0.15, -0.1) is 11.3 Å². The van der Waals surface area contributed by atoms with Crippen molar-refractivity contribution in [3.63, 3.8) is 0 Å². The van der Waals surface area contributed by atoms with Crippen LogP contribution in [0.5, 0.6) is 5.75 Å². The fourth-order valence-electron chi connectivity index (χ4n) is 4.20. The van der Waals surface area contributed by atoms with Crippen LogP contribution in [0.3, 0.4) is 0 Å². The first-order valence-electron chi connectivity index (χ1n) is 11.9. The zero-order valence-corrected chi connectivity index (χ0v) is 22.6. The number of nitrogens with one attached hydrogen (secondary N) is 1. The van der Waals surface area contributed by atoms with Crippen LogP contribution in [0, 0.1) is 6.92 Å². The number of thiophene rings is 1. The Bertz CT molecular complexity index is 1200. The number of benzene rings is 1. The Morgan fingerprint density at radius 3 is 2.78 bits per heavy atom. The Hall–Kier alpha value is -2.97. The van der Waals surface area contributed by atoms with Crippen molar-refractivity contribution in [2.45, 2.75) is 52.2 Å². The van der Waals surface area contributed by atoms with Crippen molar-refractivity contribution in [2.24, 2.45) is 0 Å². The third-order valence-electron chi connectivity index (χ3n) is 5.97. The van der Waals surface area contributed by atoms with Crippen LogP contribution in [0.1, 0.15) is 48.6 Å². The molecule has 0 spiro atoms. The van der Waals surface area contributed by atoms with Gasteiger partial charge in [0.2, 0.25) is 5.91 Å². The summed E-state index contributed by atoms with van der Waals surface area (Å²) in [6.07, 6.45) is 2.34. The molecule has 1 atom stereocenters. The van der Waals surface area contributed by atoms with Crippen molar-refractivity contribution >= 4 is 34.9 Å². The normalized spacial score (nSPS) is 15.4. The summed E-state index contributed by atoms with van der Waals surface area (Å²) in [6, 6.07) is 10.6. The van der Waals surface area contributed by atoms with Crippen molar-refractivity contribution in [3.8, 4) is 5.75 Å². The molecule has 36 heavy (non-hydrogen) atoms. The third kappa shape index (κ3) is 6.42. The summed E-state index contributed by atoms with van der Waals surface area (Å²) in [5, 5.41) is 5.70. The maximum Gasteiger partial charge on any atom is 0.318 e. The molecule has 2 aromatic heterocycles. The van der Waals surface area contributed by atoms with Crippen LogP contribution in [0.4, 0.5) is 4.79 Å². The largest absolute Gasteiger partial charge is 0.491 e. The number of nitrogens with zero attached hydrogens (tertiary/aromatic N) is 2. The van der Waals surface area contributed by atoms with Crippen LogP contribution in [0.25, 0.3) is 0 Å². The van der Waals surface area contributed by atoms with Crippen LogP contribution < -0.4 is 10.1 Å². The van der Waals surface area contributed by atoms with E-state index in [1.165, 1.54) is 9.78 Å². The number of fused-ring (bicyclic) bond motifs is 1. The smallest absolute Gasteiger partial charge is 0.318 e. The molecule has 3 heterocycles. The van der Waals surface area contributed by atoms with Crippen LogP contribution in [0.2, 0.25) is 5.02 Å². The van der Waals surface area contributed by atoms with Crippen molar-refractivity contribution < 1.29 is 18.7 Å². The van der Waals surface area contributed by atoms with E-state index in [2.05, 4.69) is 16.8 Å². The molecule has 1 aliphatic rings. The lowest BCUT2D eigenvalue weighted by Gasteiger charge is -2.37. The molecule has 1 N–H and O–H groups in total. The predicted molar refractivity (Wildman–Crippen MR) is 142 cm³/mol. The van der Waals surface area contributed by atoms with Gasteiger partial charge < -0.3 is 24.3 Å². The molecule has 0 radical (unpaired) electrons. The van der Waals surface area contributed by atoms with E-state index in [9.17, 15) is 9.59 Å². The minimum absolute atomic E-state index is 0.0708. The Morgan fingerprint density at radius 2 is 2.08 bits per heavy atom. The molecule has 3 amide bonds. The highest BCUT2D eigenvalue weighted by Gasteiger charge is 2.34. The van der Waals surface area contributed by atoms with Crippen molar-refractivity contribution in [1.29, 1.82) is 0 Å². The Morgan fingerprint density at radius 1 is 1.28 bits per heavy atom. The van der Waals surface area contributed by atoms with Gasteiger partial charge in [-0.25, -0.2) is 4.79 Å². The molecule has 0 saturated carbocycles. The molecule has 9 heteroatoms. The quantitative estimate of drug-likeness (QED) is 0.418. The van der Waals surface area contributed by atoms with Gasteiger partial charge in [0.05, 0.1) is 18.8 Å². The lowest BCUT2D eigenvalue weighted by Crippen LogP contribution is -2.52. The predicted octanol–water partition coefficient (Wildman–Crippen LogP) is 5.82. The lowest BCUT2D eigenvalue weighted by atomic mass is 10.0. The zero-order chi connectivity index (χ0) is 25.9. The van der Waals surface area contributed by atoms with E-state index >= 15 is 0 Å². The fourth-order valence-corrected chi connectivity index (χ4v) is 5.25. The Balaban J connectivity index is 1.53. The highest BCUT2D eigenvalue weighted by molar-refractivity contribution is 7.10. The SMILES string of the molecule is Cc1cc(OC[C@H]2c3ccsc3CCN2C(=O)CN(Cc2ccco2)C(=O)NC(C)(C)C)ccc1Cl. The average Bonchev–Trinajstić information content (AvgIpc) is 3.50. The van der Waals surface area contributed by atoms with Crippen LogP contribution >= 0.6 is 22.9 Å². The highest BCUT2D eigenvalue weighted by Crippen LogP contribution is 2.34. The average molecular weight is 530 g/mol. The standard InChI is InChI=1S/C27H32ClN3O4S/c1-18-14-19(7-8-22(18)28)35-17-23-21-10-13-36-24(21)9-11-31(23)25(32)16-30(15-20-6-5-12-34-20)26(33)29-27(2,3)4/h5-8,10,12-14,23H,9,11,15-17H2,1-4H3,(H,29,33)/t23-/m0/s1. The van der Waals surface area contributed by atoms with Gasteiger partial charge in [-0.2, -0.15) is 0 Å². The van der Waals surface area contributed by atoms with E-state index in [1.54, 1.807) is 29.7 Å². The van der Waals surface area contributed by atoms with E-state index in [1.807, 2.05) is 50.8 Å². The van der Waals surface area contributed by atoms with E-state index in [-0.39, 0.29) is 31.1 Å². The topological polar surface area (TPSA) is 75.0 Å². The number of ether oxygens (including phenoxy) is 1. The van der Waals surface area contributed by atoms with Gasteiger partial charge >= 0.3 is 6.03 Å². The molecule has 1 aromatic carbocycles. The van der Waals surface area contributed by atoms with Crippen LogP contribution in [-0.2, 0) is 17.8 Å². The number of urea groups is 1. The number of carbonyl (C=O) groups excluding carboxylic acids is 2. The number of rotatable bonds is 7. The first kappa shape index (κ1) is 26.1. The van der Waals surface area contributed by atoms with Gasteiger partial charge in [0.25, 0.3) is 0 Å². The molecule has 0 saturated heterocycles. The maximum atomic E-state index is 13.7. The van der Waals surface area contributed by atoms with Crippen LogP contribution in [-0.4, -0.2) is 47.0 Å². The van der Waals surface area contributed by atoms with E-state index < -0.39 is 5.54 Å². The summed E-state index contributed by atoms with van der Waals surface area (Å²) in [6.45, 7) is 8.66. The second-order valence-electron chi connectivity index (χ2n) is 9.99. The van der Waals surface area contributed by atoms with Crippen molar-refractivity contribution in [3.05, 3.63) is 74.8 Å². The van der Waals surface area contributed by atoms with Gasteiger partial charge in [-0.1, -0.05) is 11.6 Å². The van der Waals surface area contributed by atoms with E-state index in [0.717, 1.165) is 17.5 Å². The summed E-state index contributed by atoms with van der Waals surface area (Å²) in [5.41, 5.74) is 1.59. The number of furan rings is 1. The minimum atomic E-state index is -0.439. The number of aryl methyl sites for hydroxylation is 1. The molecular weight excluding hydrogens is 498 g/mol. The number of halogens is 1. The van der Waals surface area contributed by atoms with Gasteiger partial charge in [0, 0.05) is 22.0 Å². The van der Waals surface area contributed by atoms with E-state index in [4.69, 9.17) is 20.8 Å². The molecular formula is C27H32ClN3O4S. The molecule has 192 valence electrons. The maximum absolute atomic E-state index is 13.7. The van der Waals surface area contributed by atoms with Gasteiger partial charge in [0.1, 0.15) is 24.7 Å².